The van der Waals surface area contributed by atoms with E-state index in [9.17, 15) is 0 Å². The maximum Gasteiger partial charge on any atom is 0.208 e. The minimum atomic E-state index is 0.300. The van der Waals surface area contributed by atoms with Crippen LogP contribution in [0.3, 0.4) is 0 Å². The fourth-order valence-corrected chi connectivity index (χ4v) is 3.27. The minimum absolute atomic E-state index is 0.300. The van der Waals surface area contributed by atoms with Crippen LogP contribution in [0.1, 0.15) is 17.2 Å². The molecule has 0 spiro atoms. The van der Waals surface area contributed by atoms with Crippen LogP contribution < -0.4 is 10.3 Å². The van der Waals surface area contributed by atoms with Crippen LogP contribution in [0, 0.1) is 5.92 Å². The Morgan fingerprint density at radius 3 is 2.64 bits per heavy atom. The summed E-state index contributed by atoms with van der Waals surface area (Å²) < 4.78 is 0. The van der Waals surface area contributed by atoms with Crippen LogP contribution in [-0.2, 0) is 6.54 Å². The van der Waals surface area contributed by atoms with Crippen molar-refractivity contribution < 1.29 is 4.99 Å². The molecule has 2 heteroatoms. The maximum absolute atomic E-state index is 3.75. The molecule has 0 bridgehead atoms. The van der Waals surface area contributed by atoms with Crippen LogP contribution >= 0.6 is 0 Å². The maximum atomic E-state index is 3.75. The number of benzene rings is 2. The highest BCUT2D eigenvalue weighted by Gasteiger charge is 2.35. The Hall–Kier alpha value is -2.45. The molecule has 2 aliphatic rings. The Bertz CT molecular complexity index is 756. The van der Waals surface area contributed by atoms with Gasteiger partial charge < -0.3 is 5.32 Å². The average Bonchev–Trinajstić information content (AvgIpc) is 2.59. The van der Waals surface area contributed by atoms with Crippen molar-refractivity contribution in [3.63, 3.8) is 0 Å². The van der Waals surface area contributed by atoms with Crippen LogP contribution in [0.15, 0.2) is 78.9 Å². The molecule has 2 atom stereocenters. The summed E-state index contributed by atoms with van der Waals surface area (Å²) in [6.45, 7) is 0.876. The van der Waals surface area contributed by atoms with Crippen LogP contribution in [-0.4, -0.2) is 5.71 Å². The lowest BCUT2D eigenvalue weighted by molar-refractivity contribution is -0.360. The molecule has 2 aromatic carbocycles. The van der Waals surface area contributed by atoms with E-state index in [1.54, 1.807) is 0 Å². The van der Waals surface area contributed by atoms with Crippen molar-refractivity contribution in [1.29, 1.82) is 0 Å². The molecule has 22 heavy (non-hydrogen) atoms. The van der Waals surface area contributed by atoms with E-state index in [0.717, 1.165) is 6.54 Å². The predicted molar refractivity (Wildman–Crippen MR) is 89.9 cm³/mol. The number of fused-ring (bicyclic) bond motifs is 2. The molecule has 0 amide bonds. The van der Waals surface area contributed by atoms with Crippen molar-refractivity contribution in [3.05, 3.63) is 90.0 Å². The van der Waals surface area contributed by atoms with Crippen molar-refractivity contribution in [2.24, 2.45) is 5.92 Å². The zero-order valence-electron chi connectivity index (χ0n) is 12.4. The van der Waals surface area contributed by atoms with Crippen molar-refractivity contribution >= 4 is 11.4 Å². The Kier molecular flexibility index (Phi) is 3.45. The monoisotopic (exact) mass is 287 g/mol. The van der Waals surface area contributed by atoms with E-state index in [1.807, 2.05) is 0 Å². The lowest BCUT2D eigenvalue weighted by Crippen LogP contribution is -2.71. The zero-order valence-corrected chi connectivity index (χ0v) is 12.4. The van der Waals surface area contributed by atoms with Crippen molar-refractivity contribution in [2.75, 3.05) is 0 Å². The SMILES string of the molecule is C1=CC2=[NH+]c3ccccc3C(NCc3ccccc3)C2C=C1. The second kappa shape index (κ2) is 5.74. The Morgan fingerprint density at radius 2 is 1.73 bits per heavy atom. The normalized spacial score (nSPS) is 21.9. The molecule has 4 rings (SSSR count). The molecule has 0 aromatic heterocycles. The van der Waals surface area contributed by atoms with Gasteiger partial charge in [0.25, 0.3) is 0 Å². The predicted octanol–water partition coefficient (Wildman–Crippen LogP) is 2.43. The Morgan fingerprint density at radius 1 is 0.909 bits per heavy atom. The van der Waals surface area contributed by atoms with E-state index in [2.05, 4.69) is 89.2 Å². The standard InChI is InChI=1S/C20H18N2/c1-2-8-15(9-3-1)14-21-20-16-10-4-6-12-18(16)22-19-13-7-5-11-17(19)20/h1-13,16,20-21H,14H2/p+1. The van der Waals surface area contributed by atoms with Gasteiger partial charge in [0.05, 0.1) is 12.0 Å². The molecule has 2 nitrogen and oxygen atoms in total. The van der Waals surface area contributed by atoms with Crippen LogP contribution in [0.25, 0.3) is 0 Å². The van der Waals surface area contributed by atoms with Crippen molar-refractivity contribution in [1.82, 2.24) is 5.32 Å². The number of nitrogens with one attached hydrogen (secondary N) is 2. The van der Waals surface area contributed by atoms with E-state index < -0.39 is 0 Å². The third kappa shape index (κ3) is 2.42. The number of allylic oxidation sites excluding steroid dienone is 3. The second-order valence-electron chi connectivity index (χ2n) is 5.78. The zero-order chi connectivity index (χ0) is 14.8. The second-order valence-corrected chi connectivity index (χ2v) is 5.78. The summed E-state index contributed by atoms with van der Waals surface area (Å²) in [5.41, 5.74) is 5.13. The van der Waals surface area contributed by atoms with Gasteiger partial charge in [0, 0.05) is 24.3 Å². The molecule has 2 aromatic rings. The molecular formula is C20H19N2+. The first-order chi connectivity index (χ1) is 10.9. The van der Waals surface area contributed by atoms with E-state index >= 15 is 0 Å². The van der Waals surface area contributed by atoms with Gasteiger partial charge in [-0.3, -0.25) is 0 Å². The van der Waals surface area contributed by atoms with Crippen LogP contribution in [0.2, 0.25) is 0 Å². The van der Waals surface area contributed by atoms with E-state index in [-0.39, 0.29) is 0 Å². The number of para-hydroxylation sites is 1. The van der Waals surface area contributed by atoms with Gasteiger partial charge in [-0.05, 0) is 5.56 Å². The minimum Gasteiger partial charge on any atom is -0.305 e. The highest BCUT2D eigenvalue weighted by Crippen LogP contribution is 2.31. The summed E-state index contributed by atoms with van der Waals surface area (Å²) in [7, 11) is 0. The van der Waals surface area contributed by atoms with Crippen molar-refractivity contribution in [3.8, 4) is 0 Å². The largest absolute Gasteiger partial charge is 0.305 e. The van der Waals surface area contributed by atoms with Gasteiger partial charge in [0.2, 0.25) is 5.69 Å². The molecule has 1 aliphatic heterocycles. The Labute approximate surface area is 130 Å². The lowest BCUT2D eigenvalue weighted by Gasteiger charge is -2.28. The van der Waals surface area contributed by atoms with Gasteiger partial charge in [-0.1, -0.05) is 66.8 Å². The van der Waals surface area contributed by atoms with Gasteiger partial charge in [0.15, 0.2) is 5.71 Å². The number of hydrogen-bond donors (Lipinski definition) is 2. The van der Waals surface area contributed by atoms with E-state index in [1.165, 1.54) is 22.5 Å². The summed E-state index contributed by atoms with van der Waals surface area (Å²) in [6, 6.07) is 19.5. The molecule has 108 valence electrons. The fourth-order valence-electron chi connectivity index (χ4n) is 3.27. The smallest absolute Gasteiger partial charge is 0.208 e. The van der Waals surface area contributed by atoms with E-state index in [4.69, 9.17) is 0 Å². The number of rotatable bonds is 3. The molecule has 0 radical (unpaired) electrons. The summed E-state index contributed by atoms with van der Waals surface area (Å²) in [4.78, 5) is 3.57. The van der Waals surface area contributed by atoms with Crippen LogP contribution in [0.5, 0.6) is 0 Å². The summed E-state index contributed by atoms with van der Waals surface area (Å²) in [5, 5.41) is 3.75. The highest BCUT2D eigenvalue weighted by molar-refractivity contribution is 5.97. The van der Waals surface area contributed by atoms with Gasteiger partial charge in [-0.15, -0.1) is 0 Å². The van der Waals surface area contributed by atoms with Crippen LogP contribution in [0.4, 0.5) is 5.69 Å². The van der Waals surface area contributed by atoms with Crippen molar-refractivity contribution in [2.45, 2.75) is 12.6 Å². The summed E-state index contributed by atoms with van der Waals surface area (Å²) in [5.74, 6) is 0.364. The quantitative estimate of drug-likeness (QED) is 0.891. The third-order valence-corrected chi connectivity index (χ3v) is 4.37. The highest BCUT2D eigenvalue weighted by atomic mass is 15.0. The molecule has 1 aliphatic carbocycles. The molecule has 0 fully saturated rings. The first-order valence-corrected chi connectivity index (χ1v) is 7.77. The molecule has 2 N–H and O–H groups in total. The average molecular weight is 287 g/mol. The van der Waals surface area contributed by atoms with Gasteiger partial charge in [-0.25, -0.2) is 4.99 Å². The van der Waals surface area contributed by atoms with Gasteiger partial charge >= 0.3 is 0 Å². The third-order valence-electron chi connectivity index (χ3n) is 4.37. The molecule has 0 saturated heterocycles. The molecule has 0 saturated carbocycles. The molecular weight excluding hydrogens is 268 g/mol. The Balaban J connectivity index is 1.66. The number of hydrogen-bond acceptors (Lipinski definition) is 1. The first kappa shape index (κ1) is 13.2. The summed E-state index contributed by atoms with van der Waals surface area (Å²) >= 11 is 0. The molecule has 1 heterocycles. The van der Waals surface area contributed by atoms with E-state index in [0.29, 0.717) is 12.0 Å². The fraction of sp³-hybridized carbons (Fsp3) is 0.150. The molecule has 2 unspecified atom stereocenters. The first-order valence-electron chi connectivity index (χ1n) is 7.77. The lowest BCUT2D eigenvalue weighted by atomic mass is 9.83. The summed E-state index contributed by atoms with van der Waals surface area (Å²) in [6.07, 6.45) is 8.70. The topological polar surface area (TPSA) is 26.0 Å². The van der Waals surface area contributed by atoms with Gasteiger partial charge in [-0.2, -0.15) is 0 Å². The van der Waals surface area contributed by atoms with Gasteiger partial charge in [0.1, 0.15) is 0 Å².